The average Bonchev–Trinajstić information content (AvgIpc) is 2.87. The molecule has 0 radical (unpaired) electrons. The van der Waals surface area contributed by atoms with E-state index in [-0.39, 0.29) is 12.2 Å². The zero-order chi connectivity index (χ0) is 23.7. The second kappa shape index (κ2) is 9.12. The molecule has 2 unspecified atom stereocenters. The molecule has 0 amide bonds. The van der Waals surface area contributed by atoms with Gasteiger partial charge in [-0.3, -0.25) is 9.97 Å². The van der Waals surface area contributed by atoms with Crippen LogP contribution in [0.3, 0.4) is 0 Å². The topological polar surface area (TPSA) is 71.3 Å². The van der Waals surface area contributed by atoms with Crippen molar-refractivity contribution in [1.82, 2.24) is 9.97 Å². The molecule has 2 aromatic heterocycles. The van der Waals surface area contributed by atoms with Crippen LogP contribution in [0.5, 0.6) is 5.75 Å². The summed E-state index contributed by atoms with van der Waals surface area (Å²) in [5, 5.41) is 10.0. The highest BCUT2D eigenvalue weighted by Gasteiger charge is 2.23. The Morgan fingerprint density at radius 2 is 1.71 bits per heavy atom. The van der Waals surface area contributed by atoms with Crippen molar-refractivity contribution in [2.24, 2.45) is 0 Å². The maximum Gasteiger partial charge on any atom is 0.139 e. The first-order valence-corrected chi connectivity index (χ1v) is 11.4. The van der Waals surface area contributed by atoms with Crippen molar-refractivity contribution < 1.29 is 9.47 Å². The fourth-order valence-electron chi connectivity index (χ4n) is 4.68. The summed E-state index contributed by atoms with van der Waals surface area (Å²) in [5.74, 6) is 0.745. The van der Waals surface area contributed by atoms with E-state index in [4.69, 9.17) is 24.7 Å². The van der Waals surface area contributed by atoms with E-state index in [0.29, 0.717) is 5.56 Å². The van der Waals surface area contributed by atoms with Crippen LogP contribution in [0.4, 0.5) is 5.69 Å². The Kier molecular flexibility index (Phi) is 5.87. The number of benzene rings is 2. The van der Waals surface area contributed by atoms with E-state index in [1.165, 1.54) is 0 Å². The van der Waals surface area contributed by atoms with Gasteiger partial charge in [0.25, 0.3) is 0 Å². The molecule has 2 aromatic carbocycles. The van der Waals surface area contributed by atoms with Gasteiger partial charge in [-0.05, 0) is 49.7 Å². The molecule has 2 atom stereocenters. The fraction of sp³-hybridized carbons (Fsp3) is 0.250. The molecule has 0 aliphatic carbocycles. The molecule has 1 fully saturated rings. The molecule has 6 heteroatoms. The van der Waals surface area contributed by atoms with Crippen LogP contribution in [0.15, 0.2) is 67.0 Å². The van der Waals surface area contributed by atoms with E-state index in [1.54, 1.807) is 7.11 Å². The number of hydrogen-bond acceptors (Lipinski definition) is 6. The Balaban J connectivity index is 1.52. The number of nitriles is 1. The highest BCUT2D eigenvalue weighted by atomic mass is 16.5. The van der Waals surface area contributed by atoms with Crippen LogP contribution in [0, 0.1) is 11.3 Å². The zero-order valence-electron chi connectivity index (χ0n) is 19.5. The smallest absolute Gasteiger partial charge is 0.139 e. The minimum absolute atomic E-state index is 0.193. The van der Waals surface area contributed by atoms with Gasteiger partial charge in [-0.2, -0.15) is 5.26 Å². The molecule has 6 nitrogen and oxygen atoms in total. The van der Waals surface area contributed by atoms with E-state index in [2.05, 4.69) is 30.9 Å². The van der Waals surface area contributed by atoms with Crippen LogP contribution in [0.25, 0.3) is 33.3 Å². The second-order valence-corrected chi connectivity index (χ2v) is 8.66. The van der Waals surface area contributed by atoms with Crippen molar-refractivity contribution in [1.29, 1.82) is 5.26 Å². The summed E-state index contributed by atoms with van der Waals surface area (Å²) in [7, 11) is 1.68. The van der Waals surface area contributed by atoms with Gasteiger partial charge < -0.3 is 14.4 Å². The third-order valence-electron chi connectivity index (χ3n) is 6.19. The molecule has 1 aliphatic rings. The Morgan fingerprint density at radius 1 is 0.941 bits per heavy atom. The lowest BCUT2D eigenvalue weighted by Gasteiger charge is -2.36. The number of methoxy groups -OCH3 is 1. The van der Waals surface area contributed by atoms with Gasteiger partial charge in [0, 0.05) is 30.2 Å². The van der Waals surface area contributed by atoms with E-state index >= 15 is 0 Å². The molecule has 1 aliphatic heterocycles. The van der Waals surface area contributed by atoms with E-state index < -0.39 is 0 Å². The van der Waals surface area contributed by atoms with Gasteiger partial charge in [-0.1, -0.05) is 24.3 Å². The van der Waals surface area contributed by atoms with E-state index in [9.17, 15) is 0 Å². The minimum atomic E-state index is 0.193. The Bertz CT molecular complexity index is 1350. The first-order chi connectivity index (χ1) is 16.6. The summed E-state index contributed by atoms with van der Waals surface area (Å²) < 4.78 is 11.7. The van der Waals surface area contributed by atoms with Gasteiger partial charge in [0.15, 0.2) is 0 Å². The maximum atomic E-state index is 9.10. The van der Waals surface area contributed by atoms with Gasteiger partial charge in [-0.15, -0.1) is 0 Å². The normalized spacial score (nSPS) is 18.0. The van der Waals surface area contributed by atoms with Crippen LogP contribution in [-0.4, -0.2) is 42.4 Å². The van der Waals surface area contributed by atoms with Gasteiger partial charge >= 0.3 is 0 Å². The minimum Gasteiger partial charge on any atom is -0.495 e. The molecule has 0 spiro atoms. The lowest BCUT2D eigenvalue weighted by Crippen LogP contribution is -2.45. The van der Waals surface area contributed by atoms with Gasteiger partial charge in [0.2, 0.25) is 0 Å². The quantitative estimate of drug-likeness (QED) is 0.411. The predicted octanol–water partition coefficient (Wildman–Crippen LogP) is 5.46. The van der Waals surface area contributed by atoms with Crippen LogP contribution >= 0.6 is 0 Å². The van der Waals surface area contributed by atoms with Crippen molar-refractivity contribution in [3.05, 3.63) is 72.6 Å². The number of pyridine rings is 2. The molecular weight excluding hydrogens is 424 g/mol. The summed E-state index contributed by atoms with van der Waals surface area (Å²) in [5.41, 5.74) is 6.22. The van der Waals surface area contributed by atoms with Crippen molar-refractivity contribution >= 4 is 16.6 Å². The Labute approximate surface area is 199 Å². The number of aromatic nitrogens is 2. The SMILES string of the molecule is COc1c(-c2ccc(N3CC(C)OC(C)C3)cn2)cnc2c(-c3ccc(C#N)cc3)cccc12. The van der Waals surface area contributed by atoms with Gasteiger partial charge in [0.1, 0.15) is 5.75 Å². The van der Waals surface area contributed by atoms with Gasteiger partial charge in [0.05, 0.1) is 59.6 Å². The lowest BCUT2D eigenvalue weighted by molar-refractivity contribution is -0.00523. The summed E-state index contributed by atoms with van der Waals surface area (Å²) in [4.78, 5) is 11.9. The standard InChI is InChI=1S/C28H26N4O2/c1-18-16-32(17-19(2)34-18)22-11-12-26(30-14-22)25-15-31-27-23(5-4-6-24(27)28(25)33-3)21-9-7-20(13-29)8-10-21/h4-12,14-15,18-19H,16-17H2,1-3H3. The summed E-state index contributed by atoms with van der Waals surface area (Å²) in [6.07, 6.45) is 4.13. The average molecular weight is 451 g/mol. The lowest BCUT2D eigenvalue weighted by atomic mass is 9.99. The van der Waals surface area contributed by atoms with E-state index in [0.717, 1.165) is 57.8 Å². The van der Waals surface area contributed by atoms with Crippen molar-refractivity contribution in [3.63, 3.8) is 0 Å². The summed E-state index contributed by atoms with van der Waals surface area (Å²) >= 11 is 0. The molecule has 5 rings (SSSR count). The number of fused-ring (bicyclic) bond motifs is 1. The van der Waals surface area contributed by atoms with Crippen molar-refractivity contribution in [2.45, 2.75) is 26.1 Å². The molecular formula is C28H26N4O2. The number of anilines is 1. The highest BCUT2D eigenvalue weighted by molar-refractivity contribution is 6.00. The predicted molar refractivity (Wildman–Crippen MR) is 134 cm³/mol. The molecule has 0 N–H and O–H groups in total. The summed E-state index contributed by atoms with van der Waals surface area (Å²) in [6.45, 7) is 5.90. The van der Waals surface area contributed by atoms with E-state index in [1.807, 2.05) is 60.9 Å². The van der Waals surface area contributed by atoms with Crippen molar-refractivity contribution in [2.75, 3.05) is 25.1 Å². The Morgan fingerprint density at radius 3 is 2.35 bits per heavy atom. The zero-order valence-corrected chi connectivity index (χ0v) is 19.5. The number of hydrogen-bond donors (Lipinski definition) is 0. The molecule has 3 heterocycles. The molecule has 1 saturated heterocycles. The van der Waals surface area contributed by atoms with Crippen LogP contribution < -0.4 is 9.64 Å². The molecule has 34 heavy (non-hydrogen) atoms. The maximum absolute atomic E-state index is 9.10. The third-order valence-corrected chi connectivity index (χ3v) is 6.19. The van der Waals surface area contributed by atoms with Crippen molar-refractivity contribution in [3.8, 4) is 34.2 Å². The number of ether oxygens (including phenoxy) is 2. The monoisotopic (exact) mass is 450 g/mol. The highest BCUT2D eigenvalue weighted by Crippen LogP contribution is 2.38. The van der Waals surface area contributed by atoms with Gasteiger partial charge in [-0.25, -0.2) is 0 Å². The molecule has 0 bridgehead atoms. The Hall–Kier alpha value is -3.95. The number of morpholine rings is 1. The molecule has 0 saturated carbocycles. The molecule has 4 aromatic rings. The number of rotatable bonds is 4. The van der Waals surface area contributed by atoms with Crippen LogP contribution in [0.2, 0.25) is 0 Å². The van der Waals surface area contributed by atoms with Crippen LogP contribution in [0.1, 0.15) is 19.4 Å². The first-order valence-electron chi connectivity index (χ1n) is 11.4. The largest absolute Gasteiger partial charge is 0.495 e. The van der Waals surface area contributed by atoms with Crippen LogP contribution in [-0.2, 0) is 4.74 Å². The number of para-hydroxylation sites is 1. The first kappa shape index (κ1) is 21.9. The molecule has 170 valence electrons. The third kappa shape index (κ3) is 4.07. The fourth-order valence-corrected chi connectivity index (χ4v) is 4.68. The second-order valence-electron chi connectivity index (χ2n) is 8.66. The summed E-state index contributed by atoms with van der Waals surface area (Å²) in [6, 6.07) is 19.9. The number of nitrogens with zero attached hydrogens (tertiary/aromatic N) is 4.